The van der Waals surface area contributed by atoms with Gasteiger partial charge in [-0.05, 0) is 19.8 Å². The van der Waals surface area contributed by atoms with E-state index in [0.717, 1.165) is 0 Å². The molecule has 0 saturated carbocycles. The molecular weight excluding hydrogens is 110 g/mol. The Labute approximate surface area is 58.7 Å². The van der Waals surface area contributed by atoms with Gasteiger partial charge in [-0.15, -0.1) is 0 Å². The summed E-state index contributed by atoms with van der Waals surface area (Å²) in [6.45, 7) is 6.55. The van der Waals surface area contributed by atoms with E-state index in [9.17, 15) is 0 Å². The molecule has 0 aromatic heterocycles. The molecule has 0 radical (unpaired) electrons. The van der Waals surface area contributed by atoms with E-state index in [4.69, 9.17) is 0 Å². The minimum Gasteiger partial charge on any atom is -0.344 e. The van der Waals surface area contributed by atoms with E-state index in [1.807, 2.05) is 0 Å². The van der Waals surface area contributed by atoms with Crippen LogP contribution in [-0.4, -0.2) is 0 Å². The summed E-state index contributed by atoms with van der Waals surface area (Å²) >= 11 is 0. The van der Waals surface area contributed by atoms with Crippen LogP contribution in [0.3, 0.4) is 0 Å². The lowest BCUT2D eigenvalue weighted by atomic mass is 10.1. The first kappa shape index (κ1) is 11.5. The predicted molar refractivity (Wildman–Crippen MR) is 44.0 cm³/mol. The molecule has 0 aliphatic rings. The maximum atomic E-state index is 2.23. The normalized spacial score (nSPS) is 10.8. The van der Waals surface area contributed by atoms with Crippen LogP contribution in [0.1, 0.15) is 40.0 Å². The first-order valence-corrected chi connectivity index (χ1v) is 3.49. The maximum absolute atomic E-state index is 2.23. The Bertz CT molecular complexity index is 74.6. The van der Waals surface area contributed by atoms with Crippen LogP contribution < -0.4 is 6.15 Å². The summed E-state index contributed by atoms with van der Waals surface area (Å²) in [5.74, 6) is 0. The Hall–Kier alpha value is -0.300. The minimum absolute atomic E-state index is 0. The van der Waals surface area contributed by atoms with Gasteiger partial charge in [0.2, 0.25) is 0 Å². The summed E-state index contributed by atoms with van der Waals surface area (Å²) in [6, 6.07) is 0. The molecule has 1 nitrogen and oxygen atoms in total. The van der Waals surface area contributed by atoms with Crippen molar-refractivity contribution in [2.45, 2.75) is 40.0 Å². The molecule has 3 N–H and O–H groups in total. The highest BCUT2D eigenvalue weighted by Gasteiger charge is 1.86. The molecule has 0 aromatic carbocycles. The van der Waals surface area contributed by atoms with E-state index < -0.39 is 0 Å². The monoisotopic (exact) mass is 129 g/mol. The van der Waals surface area contributed by atoms with Crippen LogP contribution >= 0.6 is 0 Å². The Morgan fingerprint density at radius 2 is 1.89 bits per heavy atom. The van der Waals surface area contributed by atoms with Gasteiger partial charge < -0.3 is 6.15 Å². The molecule has 0 aliphatic carbocycles. The third-order valence-electron chi connectivity index (χ3n) is 1.43. The van der Waals surface area contributed by atoms with E-state index >= 15 is 0 Å². The Balaban J connectivity index is 0. The zero-order chi connectivity index (χ0) is 6.41. The van der Waals surface area contributed by atoms with Crippen molar-refractivity contribution >= 4 is 0 Å². The van der Waals surface area contributed by atoms with Gasteiger partial charge in [-0.25, -0.2) is 0 Å². The van der Waals surface area contributed by atoms with Crippen molar-refractivity contribution in [3.8, 4) is 0 Å². The van der Waals surface area contributed by atoms with Gasteiger partial charge in [-0.2, -0.15) is 0 Å². The molecule has 0 saturated heterocycles. The molecule has 0 heterocycles. The lowest BCUT2D eigenvalue weighted by Crippen LogP contribution is -1.76. The van der Waals surface area contributed by atoms with Crippen LogP contribution in [0.4, 0.5) is 0 Å². The van der Waals surface area contributed by atoms with Crippen LogP contribution in [-0.2, 0) is 0 Å². The lowest BCUT2D eigenvalue weighted by Gasteiger charge is -1.97. The molecule has 56 valence electrons. The highest BCUT2D eigenvalue weighted by molar-refractivity contribution is 4.98. The molecule has 0 amide bonds. The van der Waals surface area contributed by atoms with Gasteiger partial charge in [0.15, 0.2) is 0 Å². The second-order valence-corrected chi connectivity index (χ2v) is 2.05. The smallest absolute Gasteiger partial charge is 0.0323 e. The Morgan fingerprint density at radius 1 is 1.33 bits per heavy atom. The maximum Gasteiger partial charge on any atom is -0.0323 e. The molecule has 0 aromatic rings. The quantitative estimate of drug-likeness (QED) is 0.583. The predicted octanol–water partition coefficient (Wildman–Crippen LogP) is 3.30. The molecule has 9 heavy (non-hydrogen) atoms. The van der Waals surface area contributed by atoms with Gasteiger partial charge in [0, 0.05) is 0 Å². The SMILES string of the molecule is C/C=C(\CC)CCC.N. The van der Waals surface area contributed by atoms with E-state index in [2.05, 4.69) is 26.8 Å². The van der Waals surface area contributed by atoms with Crippen molar-refractivity contribution in [3.05, 3.63) is 11.6 Å². The van der Waals surface area contributed by atoms with Crippen LogP contribution in [0, 0.1) is 0 Å². The summed E-state index contributed by atoms with van der Waals surface area (Å²) in [7, 11) is 0. The minimum atomic E-state index is 0. The third-order valence-corrected chi connectivity index (χ3v) is 1.43. The number of allylic oxidation sites excluding steroid dienone is 2. The molecule has 0 fully saturated rings. The van der Waals surface area contributed by atoms with E-state index in [-0.39, 0.29) is 6.15 Å². The molecule has 0 atom stereocenters. The summed E-state index contributed by atoms with van der Waals surface area (Å²) in [5, 5.41) is 0. The second-order valence-electron chi connectivity index (χ2n) is 2.05. The number of hydrogen-bond acceptors (Lipinski definition) is 1. The molecule has 0 aliphatic heterocycles. The van der Waals surface area contributed by atoms with Gasteiger partial charge in [0.1, 0.15) is 0 Å². The molecule has 0 unspecified atom stereocenters. The van der Waals surface area contributed by atoms with Gasteiger partial charge in [-0.3, -0.25) is 0 Å². The zero-order valence-electron chi connectivity index (χ0n) is 6.91. The third kappa shape index (κ3) is 5.57. The van der Waals surface area contributed by atoms with Crippen molar-refractivity contribution in [3.63, 3.8) is 0 Å². The lowest BCUT2D eigenvalue weighted by molar-refractivity contribution is 0.856. The fourth-order valence-electron chi connectivity index (χ4n) is 0.846. The van der Waals surface area contributed by atoms with E-state index in [0.29, 0.717) is 0 Å². The Morgan fingerprint density at radius 3 is 2.00 bits per heavy atom. The average Bonchev–Trinajstić information content (AvgIpc) is 1.83. The molecule has 0 bridgehead atoms. The summed E-state index contributed by atoms with van der Waals surface area (Å²) in [5.41, 5.74) is 1.59. The second kappa shape index (κ2) is 7.70. The number of rotatable bonds is 3. The van der Waals surface area contributed by atoms with Crippen LogP contribution in [0.2, 0.25) is 0 Å². The summed E-state index contributed by atoms with van der Waals surface area (Å²) in [6.07, 6.45) is 6.02. The standard InChI is InChI=1S/C8H16.H3N/c1-4-7-8(5-2)6-3;/h5H,4,6-7H2,1-3H3;1H3/b8-5+;. The van der Waals surface area contributed by atoms with Crippen LogP contribution in [0.15, 0.2) is 11.6 Å². The van der Waals surface area contributed by atoms with Gasteiger partial charge in [0.25, 0.3) is 0 Å². The van der Waals surface area contributed by atoms with Crippen molar-refractivity contribution in [1.29, 1.82) is 0 Å². The van der Waals surface area contributed by atoms with Crippen molar-refractivity contribution in [2.24, 2.45) is 0 Å². The van der Waals surface area contributed by atoms with Gasteiger partial charge in [-0.1, -0.05) is 31.9 Å². The highest BCUT2D eigenvalue weighted by atomic mass is 14.0. The van der Waals surface area contributed by atoms with Crippen molar-refractivity contribution < 1.29 is 0 Å². The fraction of sp³-hybridized carbons (Fsp3) is 0.750. The molecule has 0 rings (SSSR count). The fourth-order valence-corrected chi connectivity index (χ4v) is 0.846. The summed E-state index contributed by atoms with van der Waals surface area (Å²) in [4.78, 5) is 0. The number of hydrogen-bond donors (Lipinski definition) is 1. The highest BCUT2D eigenvalue weighted by Crippen LogP contribution is 2.07. The zero-order valence-corrected chi connectivity index (χ0v) is 6.91. The van der Waals surface area contributed by atoms with Gasteiger partial charge >= 0.3 is 0 Å². The molecule has 0 spiro atoms. The average molecular weight is 129 g/mol. The Kier molecular flexibility index (Phi) is 9.83. The molecular formula is C8H19N. The first-order valence-electron chi connectivity index (χ1n) is 3.49. The largest absolute Gasteiger partial charge is 0.344 e. The molecule has 1 heteroatoms. The van der Waals surface area contributed by atoms with Crippen LogP contribution in [0.25, 0.3) is 0 Å². The van der Waals surface area contributed by atoms with Gasteiger partial charge in [0.05, 0.1) is 0 Å². The topological polar surface area (TPSA) is 35.0 Å². The van der Waals surface area contributed by atoms with Crippen molar-refractivity contribution in [1.82, 2.24) is 6.15 Å². The van der Waals surface area contributed by atoms with E-state index in [1.165, 1.54) is 19.3 Å². The van der Waals surface area contributed by atoms with Crippen LogP contribution in [0.5, 0.6) is 0 Å². The van der Waals surface area contributed by atoms with E-state index in [1.54, 1.807) is 5.57 Å². The van der Waals surface area contributed by atoms with Crippen molar-refractivity contribution in [2.75, 3.05) is 0 Å². The summed E-state index contributed by atoms with van der Waals surface area (Å²) < 4.78 is 0. The first-order chi connectivity index (χ1) is 3.85.